The molecule has 0 fully saturated rings. The van der Waals surface area contributed by atoms with Crippen molar-refractivity contribution in [1.29, 1.82) is 0 Å². The molecule has 34 heavy (non-hydrogen) atoms. The molecule has 0 saturated heterocycles. The number of fused-ring (bicyclic) bond motifs is 3. The molecule has 1 aliphatic carbocycles. The van der Waals surface area contributed by atoms with E-state index in [1.54, 1.807) is 0 Å². The van der Waals surface area contributed by atoms with Gasteiger partial charge >= 0.3 is 12.1 Å². The van der Waals surface area contributed by atoms with Crippen molar-refractivity contribution in [3.8, 4) is 11.1 Å². The molecule has 9 nitrogen and oxygen atoms in total. The van der Waals surface area contributed by atoms with Crippen molar-refractivity contribution in [3.05, 3.63) is 71.4 Å². The highest BCUT2D eigenvalue weighted by Crippen LogP contribution is 2.44. The molecule has 1 aliphatic rings. The molecule has 0 aliphatic heterocycles. The predicted octanol–water partition coefficient (Wildman–Crippen LogP) is 4.36. The van der Waals surface area contributed by atoms with Crippen molar-refractivity contribution in [2.24, 2.45) is 0 Å². The van der Waals surface area contributed by atoms with Gasteiger partial charge in [0.05, 0.1) is 6.42 Å². The molecule has 0 radical (unpaired) electrons. The average molecular weight is 463 g/mol. The van der Waals surface area contributed by atoms with E-state index in [-0.39, 0.29) is 37.1 Å². The Labute approximate surface area is 196 Å². The molecule has 0 saturated carbocycles. The zero-order valence-electron chi connectivity index (χ0n) is 18.7. The molecule has 1 heterocycles. The maximum absolute atomic E-state index is 12.6. The number of amides is 2. The highest BCUT2D eigenvalue weighted by atomic mass is 16.6. The molecule has 2 aromatic carbocycles. The van der Waals surface area contributed by atoms with Gasteiger partial charge in [0.2, 0.25) is 5.88 Å². The molecule has 0 atom stereocenters. The molecule has 2 amide bonds. The summed E-state index contributed by atoms with van der Waals surface area (Å²) in [6, 6.07) is 17.4. The maximum Gasteiger partial charge on any atom is 0.414 e. The van der Waals surface area contributed by atoms with Crippen LogP contribution in [-0.4, -0.2) is 52.8 Å². The van der Waals surface area contributed by atoms with Crippen LogP contribution in [0.1, 0.15) is 47.3 Å². The number of hydrogen-bond donors (Lipinski definition) is 2. The number of aromatic nitrogens is 1. The molecule has 9 heteroatoms. The summed E-state index contributed by atoms with van der Waals surface area (Å²) < 4.78 is 10.5. The Morgan fingerprint density at radius 2 is 1.71 bits per heavy atom. The summed E-state index contributed by atoms with van der Waals surface area (Å²) in [5.41, 5.74) is 4.44. The van der Waals surface area contributed by atoms with Gasteiger partial charge in [0, 0.05) is 25.1 Å². The molecule has 0 bridgehead atoms. The van der Waals surface area contributed by atoms with E-state index in [9.17, 15) is 14.4 Å². The lowest BCUT2D eigenvalue weighted by Crippen LogP contribution is -2.33. The molecular formula is C25H25N3O6. The SMILES string of the molecule is CCCN(CCC(=O)O)C(=O)c1cc(NC(=O)OCC2c3ccccc3-c3ccccc32)on1. The summed E-state index contributed by atoms with van der Waals surface area (Å²) in [4.78, 5) is 37.3. The molecule has 0 unspecified atom stereocenters. The zero-order chi connectivity index (χ0) is 24.1. The van der Waals surface area contributed by atoms with Gasteiger partial charge in [-0.3, -0.25) is 14.9 Å². The second kappa shape index (κ2) is 10.2. The molecular weight excluding hydrogens is 438 g/mol. The predicted molar refractivity (Wildman–Crippen MR) is 124 cm³/mol. The number of carbonyl (C=O) groups is 3. The van der Waals surface area contributed by atoms with Crippen LogP contribution in [0.4, 0.5) is 10.7 Å². The third-order valence-corrected chi connectivity index (χ3v) is 5.67. The third-order valence-electron chi connectivity index (χ3n) is 5.67. The monoisotopic (exact) mass is 463 g/mol. The summed E-state index contributed by atoms with van der Waals surface area (Å²) >= 11 is 0. The Balaban J connectivity index is 1.37. The standard InChI is InChI=1S/C25H25N3O6/c1-2-12-28(13-11-23(29)30)24(31)21-14-22(34-27-21)26-25(32)33-15-20-18-9-5-3-7-16(18)17-8-4-6-10-19(17)20/h3-10,14,20H,2,11-13,15H2,1H3,(H,26,32)(H,29,30). The van der Waals surface area contributed by atoms with Crippen molar-refractivity contribution in [2.45, 2.75) is 25.7 Å². The van der Waals surface area contributed by atoms with E-state index < -0.39 is 18.0 Å². The quantitative estimate of drug-likeness (QED) is 0.483. The summed E-state index contributed by atoms with van der Waals surface area (Å²) in [7, 11) is 0. The summed E-state index contributed by atoms with van der Waals surface area (Å²) in [6.07, 6.45) is -0.240. The number of rotatable bonds is 9. The fourth-order valence-electron chi connectivity index (χ4n) is 4.15. The lowest BCUT2D eigenvalue weighted by Gasteiger charge is -2.19. The van der Waals surface area contributed by atoms with Crippen molar-refractivity contribution >= 4 is 23.9 Å². The van der Waals surface area contributed by atoms with Gasteiger partial charge in [-0.2, -0.15) is 0 Å². The zero-order valence-corrected chi connectivity index (χ0v) is 18.7. The van der Waals surface area contributed by atoms with Crippen LogP contribution in [0.2, 0.25) is 0 Å². The minimum atomic E-state index is -0.994. The largest absolute Gasteiger partial charge is 0.481 e. The topological polar surface area (TPSA) is 122 Å². The first kappa shape index (κ1) is 23.0. The van der Waals surface area contributed by atoms with Crippen LogP contribution in [0.3, 0.4) is 0 Å². The van der Waals surface area contributed by atoms with Crippen LogP contribution in [-0.2, 0) is 9.53 Å². The number of anilines is 1. The van der Waals surface area contributed by atoms with E-state index in [2.05, 4.69) is 22.6 Å². The van der Waals surface area contributed by atoms with Gasteiger partial charge in [-0.1, -0.05) is 60.6 Å². The summed E-state index contributed by atoms with van der Waals surface area (Å²) in [5, 5.41) is 15.1. The molecule has 2 N–H and O–H groups in total. The van der Waals surface area contributed by atoms with E-state index in [1.165, 1.54) is 11.0 Å². The number of carboxylic acid groups (broad SMARTS) is 1. The first-order chi connectivity index (χ1) is 16.5. The van der Waals surface area contributed by atoms with Crippen LogP contribution < -0.4 is 5.32 Å². The van der Waals surface area contributed by atoms with Crippen molar-refractivity contribution < 1.29 is 28.8 Å². The molecule has 0 spiro atoms. The molecule has 4 rings (SSSR count). The number of carbonyl (C=O) groups excluding carboxylic acids is 2. The minimum Gasteiger partial charge on any atom is -0.481 e. The third kappa shape index (κ3) is 4.93. The van der Waals surface area contributed by atoms with Crippen LogP contribution >= 0.6 is 0 Å². The van der Waals surface area contributed by atoms with Gasteiger partial charge < -0.3 is 19.3 Å². The normalized spacial score (nSPS) is 12.0. The number of aliphatic carboxylic acids is 1. The maximum atomic E-state index is 12.6. The van der Waals surface area contributed by atoms with E-state index in [1.807, 2.05) is 43.3 Å². The van der Waals surface area contributed by atoms with Crippen LogP contribution in [0.25, 0.3) is 11.1 Å². The smallest absolute Gasteiger partial charge is 0.414 e. The summed E-state index contributed by atoms with van der Waals surface area (Å²) in [6.45, 7) is 2.46. The lowest BCUT2D eigenvalue weighted by molar-refractivity contribution is -0.137. The highest BCUT2D eigenvalue weighted by molar-refractivity contribution is 5.94. The Bertz CT molecular complexity index is 1160. The number of carboxylic acids is 1. The second-order valence-corrected chi connectivity index (χ2v) is 7.96. The van der Waals surface area contributed by atoms with Crippen molar-refractivity contribution in [2.75, 3.05) is 25.0 Å². The van der Waals surface area contributed by atoms with Gasteiger partial charge in [0.25, 0.3) is 5.91 Å². The van der Waals surface area contributed by atoms with Crippen molar-refractivity contribution in [1.82, 2.24) is 10.1 Å². The van der Waals surface area contributed by atoms with Crippen LogP contribution in [0.15, 0.2) is 59.1 Å². The molecule has 1 aromatic heterocycles. The fourth-order valence-corrected chi connectivity index (χ4v) is 4.15. The number of nitrogens with zero attached hydrogens (tertiary/aromatic N) is 2. The lowest BCUT2D eigenvalue weighted by atomic mass is 9.98. The average Bonchev–Trinajstić information content (AvgIpc) is 3.42. The van der Waals surface area contributed by atoms with Gasteiger partial charge in [0.1, 0.15) is 6.61 Å². The molecule has 176 valence electrons. The highest BCUT2D eigenvalue weighted by Gasteiger charge is 2.29. The first-order valence-electron chi connectivity index (χ1n) is 11.1. The second-order valence-electron chi connectivity index (χ2n) is 7.96. The van der Waals surface area contributed by atoms with Gasteiger partial charge in [-0.05, 0) is 28.7 Å². The fraction of sp³-hybridized carbons (Fsp3) is 0.280. The van der Waals surface area contributed by atoms with E-state index in [4.69, 9.17) is 14.4 Å². The minimum absolute atomic E-state index is 0.0206. The summed E-state index contributed by atoms with van der Waals surface area (Å²) in [5.74, 6) is -1.57. The van der Waals surface area contributed by atoms with E-state index in [0.717, 1.165) is 22.3 Å². The van der Waals surface area contributed by atoms with Gasteiger partial charge in [-0.25, -0.2) is 4.79 Å². The van der Waals surface area contributed by atoms with Gasteiger partial charge in [-0.15, -0.1) is 0 Å². The first-order valence-corrected chi connectivity index (χ1v) is 11.1. The Morgan fingerprint density at radius 1 is 1.06 bits per heavy atom. The van der Waals surface area contributed by atoms with Crippen LogP contribution in [0, 0.1) is 0 Å². The number of nitrogens with one attached hydrogen (secondary N) is 1. The Morgan fingerprint density at radius 3 is 2.32 bits per heavy atom. The van der Waals surface area contributed by atoms with Crippen LogP contribution in [0.5, 0.6) is 0 Å². The Kier molecular flexibility index (Phi) is 6.91. The number of ether oxygens (including phenoxy) is 1. The van der Waals surface area contributed by atoms with Gasteiger partial charge in [0.15, 0.2) is 5.69 Å². The van der Waals surface area contributed by atoms with E-state index in [0.29, 0.717) is 13.0 Å². The number of benzene rings is 2. The van der Waals surface area contributed by atoms with E-state index >= 15 is 0 Å². The molecule has 3 aromatic rings. The number of hydrogen-bond acceptors (Lipinski definition) is 6. The van der Waals surface area contributed by atoms with Crippen molar-refractivity contribution in [3.63, 3.8) is 0 Å². The Hall–Kier alpha value is -4.14.